The predicted molar refractivity (Wildman–Crippen MR) is 128 cm³/mol. The quantitative estimate of drug-likeness (QED) is 0.416. The van der Waals surface area contributed by atoms with E-state index in [0.717, 1.165) is 37.3 Å². The maximum atomic E-state index is 12.9. The molecule has 162 valence electrons. The lowest BCUT2D eigenvalue weighted by atomic mass is 10.00. The molecule has 5 rings (SSSR count). The smallest absolute Gasteiger partial charge is 0.258 e. The number of amides is 1. The highest BCUT2D eigenvalue weighted by Gasteiger charge is 2.34. The number of nitrogens with one attached hydrogen (secondary N) is 2. The molecule has 7 nitrogen and oxygen atoms in total. The minimum absolute atomic E-state index is 0.221. The Morgan fingerprint density at radius 2 is 1.91 bits per heavy atom. The summed E-state index contributed by atoms with van der Waals surface area (Å²) in [6, 6.07) is 15.1. The van der Waals surface area contributed by atoms with Crippen molar-refractivity contribution in [1.29, 1.82) is 5.26 Å². The highest BCUT2D eigenvalue weighted by atomic mass is 32.2. The van der Waals surface area contributed by atoms with Gasteiger partial charge in [0, 0.05) is 53.6 Å². The van der Waals surface area contributed by atoms with Crippen molar-refractivity contribution >= 4 is 40.3 Å². The summed E-state index contributed by atoms with van der Waals surface area (Å²) >= 11 is 2.01. The van der Waals surface area contributed by atoms with Gasteiger partial charge in [0.1, 0.15) is 12.3 Å². The zero-order chi connectivity index (χ0) is 21.9. The van der Waals surface area contributed by atoms with Crippen LogP contribution in [-0.2, 0) is 9.63 Å². The normalized spacial score (nSPS) is 21.0. The standard InChI is InChI=1S/C24H23N5O2S/c25-15-16-6-7-20-18(14-16)21(24(30)27-20)23-22(17-4-1-2-5-19(17)26-23)28-31-11-3-8-29-9-12-32-13-10-29/h1-2,4-7,14,26H,3,8-13H2,(H,27,30)/b23-21-,28-22+. The Morgan fingerprint density at radius 3 is 2.75 bits per heavy atom. The second-order valence-corrected chi connectivity index (χ2v) is 9.05. The van der Waals surface area contributed by atoms with Gasteiger partial charge in [0.05, 0.1) is 22.9 Å². The van der Waals surface area contributed by atoms with Crippen molar-refractivity contribution in [3.8, 4) is 6.07 Å². The molecule has 0 unspecified atom stereocenters. The number of para-hydroxylation sites is 1. The van der Waals surface area contributed by atoms with Crippen molar-refractivity contribution < 1.29 is 9.63 Å². The second kappa shape index (κ2) is 9.07. The summed E-state index contributed by atoms with van der Waals surface area (Å²) in [7, 11) is 0. The SMILES string of the molecule is N#Cc1ccc2c(c1)/C(=C1/Nc3ccccc3/C1=N\OCCCN1CCSCC1)C(=O)N2. The summed E-state index contributed by atoms with van der Waals surface area (Å²) in [4.78, 5) is 21.0. The van der Waals surface area contributed by atoms with Gasteiger partial charge in [0.2, 0.25) is 0 Å². The Hall–Kier alpha value is -3.28. The molecular formula is C24H23N5O2S. The lowest BCUT2D eigenvalue weighted by Gasteiger charge is -2.25. The van der Waals surface area contributed by atoms with Gasteiger partial charge in [-0.2, -0.15) is 17.0 Å². The van der Waals surface area contributed by atoms with Crippen molar-refractivity contribution in [2.75, 3.05) is 48.4 Å². The lowest BCUT2D eigenvalue weighted by Crippen LogP contribution is -2.33. The third-order valence-corrected chi connectivity index (χ3v) is 6.73. The third-order valence-electron chi connectivity index (χ3n) is 5.79. The maximum Gasteiger partial charge on any atom is 0.258 e. The first-order chi connectivity index (χ1) is 15.7. The summed E-state index contributed by atoms with van der Waals surface area (Å²) in [6.07, 6.45) is 0.900. The predicted octanol–water partition coefficient (Wildman–Crippen LogP) is 3.51. The molecule has 3 heterocycles. The molecule has 1 amide bonds. The first kappa shape index (κ1) is 20.6. The first-order valence-electron chi connectivity index (χ1n) is 10.7. The molecule has 0 aromatic heterocycles. The largest absolute Gasteiger partial charge is 0.395 e. The van der Waals surface area contributed by atoms with E-state index in [2.05, 4.69) is 26.8 Å². The van der Waals surface area contributed by atoms with E-state index in [9.17, 15) is 10.1 Å². The fourth-order valence-corrected chi connectivity index (χ4v) is 5.15. The summed E-state index contributed by atoms with van der Waals surface area (Å²) in [6.45, 7) is 3.78. The van der Waals surface area contributed by atoms with Gasteiger partial charge in [-0.1, -0.05) is 23.4 Å². The Bertz CT molecular complexity index is 1160. The van der Waals surface area contributed by atoms with Crippen molar-refractivity contribution in [2.45, 2.75) is 6.42 Å². The number of allylic oxidation sites excluding steroid dienone is 1. The number of nitrogens with zero attached hydrogens (tertiary/aromatic N) is 3. The van der Waals surface area contributed by atoms with Crippen molar-refractivity contribution in [1.82, 2.24) is 4.90 Å². The fourth-order valence-electron chi connectivity index (χ4n) is 4.18. The number of anilines is 2. The molecule has 8 heteroatoms. The Balaban J connectivity index is 1.42. The van der Waals surface area contributed by atoms with Gasteiger partial charge >= 0.3 is 0 Å². The number of fused-ring (bicyclic) bond motifs is 2. The number of thioether (sulfide) groups is 1. The number of oxime groups is 1. The van der Waals surface area contributed by atoms with Crippen molar-refractivity contribution in [3.63, 3.8) is 0 Å². The van der Waals surface area contributed by atoms with Crippen LogP contribution < -0.4 is 10.6 Å². The van der Waals surface area contributed by atoms with Crippen LogP contribution in [0, 0.1) is 11.3 Å². The topological polar surface area (TPSA) is 89.8 Å². The van der Waals surface area contributed by atoms with E-state index in [1.165, 1.54) is 11.5 Å². The number of hydrogen-bond donors (Lipinski definition) is 2. The maximum absolute atomic E-state index is 12.9. The monoisotopic (exact) mass is 445 g/mol. The molecule has 2 N–H and O–H groups in total. The Morgan fingerprint density at radius 1 is 1.09 bits per heavy atom. The molecule has 2 aromatic carbocycles. The lowest BCUT2D eigenvalue weighted by molar-refractivity contribution is -0.110. The number of carbonyl (C=O) groups is 1. The van der Waals surface area contributed by atoms with E-state index in [1.807, 2.05) is 36.0 Å². The van der Waals surface area contributed by atoms with E-state index in [1.54, 1.807) is 18.2 Å². The molecule has 1 fully saturated rings. The van der Waals surface area contributed by atoms with Gasteiger partial charge in [-0.3, -0.25) is 4.79 Å². The van der Waals surface area contributed by atoms with Crippen LogP contribution in [0.25, 0.3) is 5.57 Å². The first-order valence-corrected chi connectivity index (χ1v) is 11.9. The van der Waals surface area contributed by atoms with Crippen molar-refractivity contribution in [2.24, 2.45) is 5.16 Å². The van der Waals surface area contributed by atoms with Crippen LogP contribution in [0.1, 0.15) is 23.1 Å². The highest BCUT2D eigenvalue weighted by Crippen LogP contribution is 2.39. The molecule has 0 atom stereocenters. The van der Waals surface area contributed by atoms with Crippen LogP contribution in [0.5, 0.6) is 0 Å². The van der Waals surface area contributed by atoms with Gasteiger partial charge in [-0.15, -0.1) is 0 Å². The third kappa shape index (κ3) is 3.97. The second-order valence-electron chi connectivity index (χ2n) is 7.83. The number of nitriles is 1. The zero-order valence-electron chi connectivity index (χ0n) is 17.6. The molecule has 3 aliphatic heterocycles. The molecular weight excluding hydrogens is 422 g/mol. The summed E-state index contributed by atoms with van der Waals surface area (Å²) in [5, 5.41) is 20.0. The number of benzene rings is 2. The van der Waals surface area contributed by atoms with Crippen LogP contribution in [0.4, 0.5) is 11.4 Å². The Labute approximate surface area is 191 Å². The molecule has 0 bridgehead atoms. The summed E-state index contributed by atoms with van der Waals surface area (Å²) in [5.74, 6) is 2.17. The molecule has 2 aromatic rings. The van der Waals surface area contributed by atoms with E-state index < -0.39 is 0 Å². The number of rotatable bonds is 5. The molecule has 0 radical (unpaired) electrons. The van der Waals surface area contributed by atoms with Gasteiger partial charge in [0.15, 0.2) is 0 Å². The van der Waals surface area contributed by atoms with Gasteiger partial charge in [-0.25, -0.2) is 0 Å². The van der Waals surface area contributed by atoms with Crippen molar-refractivity contribution in [3.05, 3.63) is 64.9 Å². The molecule has 0 saturated carbocycles. The average molecular weight is 446 g/mol. The molecule has 3 aliphatic rings. The van der Waals surface area contributed by atoms with Crippen LogP contribution in [0.2, 0.25) is 0 Å². The number of hydrogen-bond acceptors (Lipinski definition) is 7. The van der Waals surface area contributed by atoms with Crippen LogP contribution in [0.15, 0.2) is 53.3 Å². The number of carbonyl (C=O) groups excluding carboxylic acids is 1. The summed E-state index contributed by atoms with van der Waals surface area (Å²) in [5.41, 5.74) is 5.33. The van der Waals surface area contributed by atoms with Gasteiger partial charge in [-0.05, 0) is 30.7 Å². The van der Waals surface area contributed by atoms with E-state index >= 15 is 0 Å². The minimum Gasteiger partial charge on any atom is -0.395 e. The van der Waals surface area contributed by atoms with Gasteiger partial charge in [0.25, 0.3) is 5.91 Å². The zero-order valence-corrected chi connectivity index (χ0v) is 18.4. The van der Waals surface area contributed by atoms with E-state index in [4.69, 9.17) is 4.84 Å². The summed E-state index contributed by atoms with van der Waals surface area (Å²) < 4.78 is 0. The fraction of sp³-hybridized carbons (Fsp3) is 0.292. The minimum atomic E-state index is -0.221. The van der Waals surface area contributed by atoms with Gasteiger partial charge < -0.3 is 20.4 Å². The van der Waals surface area contributed by atoms with Crippen LogP contribution >= 0.6 is 11.8 Å². The Kier molecular flexibility index (Phi) is 5.84. The molecule has 1 saturated heterocycles. The molecule has 32 heavy (non-hydrogen) atoms. The van der Waals surface area contributed by atoms with Crippen LogP contribution in [0.3, 0.4) is 0 Å². The molecule has 0 aliphatic carbocycles. The average Bonchev–Trinajstić information content (AvgIpc) is 3.35. The van der Waals surface area contributed by atoms with E-state index in [-0.39, 0.29) is 5.91 Å². The van der Waals surface area contributed by atoms with Crippen LogP contribution in [-0.4, -0.2) is 54.3 Å². The highest BCUT2D eigenvalue weighted by molar-refractivity contribution is 7.99. The van der Waals surface area contributed by atoms with E-state index in [0.29, 0.717) is 40.4 Å². The molecule has 0 spiro atoms.